The molecule has 0 bridgehead atoms. The summed E-state index contributed by atoms with van der Waals surface area (Å²) in [4.78, 5) is 11.9. The molecule has 4 N–H and O–H groups in total. The molecule has 0 aliphatic heterocycles. The van der Waals surface area contributed by atoms with Crippen LogP contribution in [-0.2, 0) is 0 Å². The Morgan fingerprint density at radius 2 is 2.15 bits per heavy atom. The molecule has 20 heavy (non-hydrogen) atoms. The van der Waals surface area contributed by atoms with Gasteiger partial charge in [-0.3, -0.25) is 4.79 Å². The Balaban J connectivity index is 2.34. The molecule has 1 heterocycles. The van der Waals surface area contributed by atoms with E-state index in [4.69, 9.17) is 15.4 Å². The van der Waals surface area contributed by atoms with Gasteiger partial charge in [-0.2, -0.15) is 0 Å². The summed E-state index contributed by atoms with van der Waals surface area (Å²) < 4.78 is 18.9. The number of aryl methyl sites for hydroxylation is 1. The molecule has 0 saturated heterocycles. The maximum absolute atomic E-state index is 13.7. The molecule has 1 aromatic carbocycles. The molecule has 6 nitrogen and oxygen atoms in total. The van der Waals surface area contributed by atoms with Gasteiger partial charge in [0.2, 0.25) is 0 Å². The van der Waals surface area contributed by atoms with Gasteiger partial charge in [-0.05, 0) is 31.2 Å². The van der Waals surface area contributed by atoms with Gasteiger partial charge in [-0.25, -0.2) is 4.39 Å². The highest BCUT2D eigenvalue weighted by molar-refractivity contribution is 6.09. The summed E-state index contributed by atoms with van der Waals surface area (Å²) >= 11 is 0. The molecule has 1 amide bonds. The number of nitrogens with two attached hydrogens (primary N) is 1. The molecule has 2 rings (SSSR count). The number of rotatable bonds is 3. The Bertz CT molecular complexity index is 679. The molecule has 7 heteroatoms. The summed E-state index contributed by atoms with van der Waals surface area (Å²) in [6.07, 6.45) is 0. The largest absolute Gasteiger partial charge is 0.456 e. The van der Waals surface area contributed by atoms with E-state index in [1.165, 1.54) is 18.2 Å². The Morgan fingerprint density at radius 3 is 2.75 bits per heavy atom. The maximum atomic E-state index is 13.7. The number of carbonyl (C=O) groups excluding carboxylic acids is 1. The monoisotopic (exact) mass is 277 g/mol. The second kappa shape index (κ2) is 5.43. The molecule has 0 aliphatic carbocycles. The first-order valence-corrected chi connectivity index (χ1v) is 5.67. The summed E-state index contributed by atoms with van der Waals surface area (Å²) in [5.41, 5.74) is 5.29. The summed E-state index contributed by atoms with van der Waals surface area (Å²) in [6.45, 7) is 1.70. The van der Waals surface area contributed by atoms with Crippen LogP contribution in [0.5, 0.6) is 0 Å². The average Bonchev–Trinajstić information content (AvgIpc) is 2.85. The van der Waals surface area contributed by atoms with Gasteiger partial charge in [0, 0.05) is 0 Å². The fraction of sp³-hybridized carbons (Fsp3) is 0.0769. The van der Waals surface area contributed by atoms with Crippen LogP contribution in [0.4, 0.5) is 10.1 Å². The number of nitrogens with zero attached hydrogens (tertiary/aromatic N) is 1. The van der Waals surface area contributed by atoms with Crippen molar-refractivity contribution in [1.29, 1.82) is 0 Å². The lowest BCUT2D eigenvalue weighted by molar-refractivity contribution is 0.0995. The van der Waals surface area contributed by atoms with Gasteiger partial charge in [0.05, 0.1) is 11.3 Å². The van der Waals surface area contributed by atoms with E-state index in [-0.39, 0.29) is 17.0 Å². The maximum Gasteiger partial charge on any atom is 0.291 e. The smallest absolute Gasteiger partial charge is 0.291 e. The third kappa shape index (κ3) is 2.61. The third-order valence-electron chi connectivity index (χ3n) is 2.59. The zero-order valence-electron chi connectivity index (χ0n) is 10.6. The summed E-state index contributed by atoms with van der Waals surface area (Å²) in [5.74, 6) is -1.05. The van der Waals surface area contributed by atoms with Gasteiger partial charge >= 0.3 is 0 Å². The second-order valence-corrected chi connectivity index (χ2v) is 4.01. The number of carbonyl (C=O) groups is 1. The Kier molecular flexibility index (Phi) is 3.69. The van der Waals surface area contributed by atoms with Crippen LogP contribution in [0.15, 0.2) is 39.9 Å². The van der Waals surface area contributed by atoms with Crippen molar-refractivity contribution in [2.45, 2.75) is 6.92 Å². The molecular formula is C13H12FN3O3. The van der Waals surface area contributed by atoms with Gasteiger partial charge in [0.15, 0.2) is 11.6 Å². The lowest BCUT2D eigenvalue weighted by atomic mass is 10.1. The van der Waals surface area contributed by atoms with Crippen LogP contribution in [0.25, 0.3) is 0 Å². The SMILES string of the molecule is Cc1ccc(C(=O)Nc2cccc(F)c2/C(N)=N/O)o1. The standard InChI is InChI=1S/C13H12FN3O3/c1-7-5-6-10(20-7)13(18)16-9-4-2-3-8(14)11(9)12(15)17-19/h2-6,19H,1H3,(H2,15,17)(H,16,18). The van der Waals surface area contributed by atoms with Crippen LogP contribution in [0.3, 0.4) is 0 Å². The molecule has 0 radical (unpaired) electrons. The van der Waals surface area contributed by atoms with Crippen LogP contribution in [0.1, 0.15) is 21.9 Å². The first kappa shape index (κ1) is 13.6. The van der Waals surface area contributed by atoms with Crippen molar-refractivity contribution in [1.82, 2.24) is 0 Å². The first-order chi connectivity index (χ1) is 9.52. The number of anilines is 1. The zero-order valence-corrected chi connectivity index (χ0v) is 10.6. The predicted octanol–water partition coefficient (Wildman–Crippen LogP) is 2.07. The highest BCUT2D eigenvalue weighted by Gasteiger charge is 2.17. The van der Waals surface area contributed by atoms with E-state index in [0.717, 1.165) is 6.07 Å². The molecule has 0 unspecified atom stereocenters. The second-order valence-electron chi connectivity index (χ2n) is 4.01. The van der Waals surface area contributed by atoms with Crippen LogP contribution >= 0.6 is 0 Å². The van der Waals surface area contributed by atoms with Crippen molar-refractivity contribution in [2.24, 2.45) is 10.9 Å². The number of benzene rings is 1. The molecule has 1 aromatic heterocycles. The van der Waals surface area contributed by atoms with Crippen molar-refractivity contribution in [3.05, 3.63) is 53.2 Å². The Morgan fingerprint density at radius 1 is 1.40 bits per heavy atom. The molecule has 0 spiro atoms. The number of oxime groups is 1. The minimum atomic E-state index is -0.714. The summed E-state index contributed by atoms with van der Waals surface area (Å²) in [7, 11) is 0. The molecule has 0 saturated carbocycles. The topological polar surface area (TPSA) is 101 Å². The number of furan rings is 1. The van der Waals surface area contributed by atoms with Gasteiger partial charge in [-0.15, -0.1) is 0 Å². The highest BCUT2D eigenvalue weighted by atomic mass is 19.1. The quantitative estimate of drug-likeness (QED) is 0.346. The summed E-state index contributed by atoms with van der Waals surface area (Å²) in [6, 6.07) is 7.09. The van der Waals surface area contributed by atoms with E-state index in [1.54, 1.807) is 13.0 Å². The van der Waals surface area contributed by atoms with Crippen LogP contribution < -0.4 is 11.1 Å². The Labute approximate surface area is 113 Å². The lowest BCUT2D eigenvalue weighted by Gasteiger charge is -2.09. The minimum absolute atomic E-state index is 0.0808. The fourth-order valence-corrected chi connectivity index (χ4v) is 1.68. The number of amidine groups is 1. The van der Waals surface area contributed by atoms with Crippen molar-refractivity contribution in [3.63, 3.8) is 0 Å². The normalized spacial score (nSPS) is 11.4. The highest BCUT2D eigenvalue weighted by Crippen LogP contribution is 2.20. The predicted molar refractivity (Wildman–Crippen MR) is 70.3 cm³/mol. The number of amides is 1. The first-order valence-electron chi connectivity index (χ1n) is 5.67. The molecular weight excluding hydrogens is 265 g/mol. The van der Waals surface area contributed by atoms with Gasteiger partial charge in [0.1, 0.15) is 11.6 Å². The third-order valence-corrected chi connectivity index (χ3v) is 2.59. The Hall–Kier alpha value is -2.83. The number of hydrogen-bond acceptors (Lipinski definition) is 4. The molecule has 104 valence electrons. The average molecular weight is 277 g/mol. The van der Waals surface area contributed by atoms with Crippen molar-refractivity contribution in [3.8, 4) is 0 Å². The van der Waals surface area contributed by atoms with Crippen molar-refractivity contribution >= 4 is 17.4 Å². The fourth-order valence-electron chi connectivity index (χ4n) is 1.68. The van der Waals surface area contributed by atoms with Crippen LogP contribution in [0, 0.1) is 12.7 Å². The van der Waals surface area contributed by atoms with E-state index in [9.17, 15) is 9.18 Å². The lowest BCUT2D eigenvalue weighted by Crippen LogP contribution is -2.20. The van der Waals surface area contributed by atoms with Gasteiger partial charge in [-0.1, -0.05) is 11.2 Å². The summed E-state index contributed by atoms with van der Waals surface area (Å²) in [5, 5.41) is 13.9. The van der Waals surface area contributed by atoms with Crippen LogP contribution in [-0.4, -0.2) is 17.0 Å². The molecule has 0 fully saturated rings. The van der Waals surface area contributed by atoms with Gasteiger partial charge in [0.25, 0.3) is 5.91 Å². The molecule has 2 aromatic rings. The van der Waals surface area contributed by atoms with Crippen molar-refractivity contribution in [2.75, 3.05) is 5.32 Å². The van der Waals surface area contributed by atoms with E-state index in [2.05, 4.69) is 10.5 Å². The van der Waals surface area contributed by atoms with Crippen LogP contribution in [0.2, 0.25) is 0 Å². The molecule has 0 aliphatic rings. The van der Waals surface area contributed by atoms with E-state index in [1.807, 2.05) is 0 Å². The molecule has 0 atom stereocenters. The number of nitrogens with one attached hydrogen (secondary N) is 1. The van der Waals surface area contributed by atoms with E-state index < -0.39 is 17.6 Å². The zero-order chi connectivity index (χ0) is 14.7. The van der Waals surface area contributed by atoms with E-state index in [0.29, 0.717) is 5.76 Å². The minimum Gasteiger partial charge on any atom is -0.456 e. The number of halogens is 1. The number of hydrogen-bond donors (Lipinski definition) is 3. The van der Waals surface area contributed by atoms with Gasteiger partial charge < -0.3 is 20.7 Å². The van der Waals surface area contributed by atoms with E-state index >= 15 is 0 Å². The van der Waals surface area contributed by atoms with Crippen molar-refractivity contribution < 1.29 is 18.8 Å².